The average Bonchev–Trinajstić information content (AvgIpc) is 2.55. The molecule has 1 aliphatic heterocycles. The second kappa shape index (κ2) is 6.44. The number of rotatable bonds is 3. The van der Waals surface area contributed by atoms with E-state index in [9.17, 15) is 0 Å². The molecule has 1 saturated heterocycles. The van der Waals surface area contributed by atoms with Crippen molar-refractivity contribution in [1.82, 2.24) is 5.32 Å². The molecule has 1 aromatic rings. The quantitative estimate of drug-likeness (QED) is 0.898. The molecule has 1 fully saturated rings. The van der Waals surface area contributed by atoms with Crippen LogP contribution in [0.5, 0.6) is 0 Å². The van der Waals surface area contributed by atoms with Crippen molar-refractivity contribution in [2.45, 2.75) is 32.7 Å². The zero-order valence-corrected chi connectivity index (χ0v) is 12.1. The van der Waals surface area contributed by atoms with Crippen LogP contribution in [0.15, 0.2) is 18.2 Å². The fourth-order valence-electron chi connectivity index (χ4n) is 2.62. The number of nitrogens with one attached hydrogen (secondary N) is 1. The number of nitrogens with zero attached hydrogens (tertiary/aromatic N) is 1. The summed E-state index contributed by atoms with van der Waals surface area (Å²) in [4.78, 5) is 2.44. The average molecular weight is 267 g/mol. The summed E-state index contributed by atoms with van der Waals surface area (Å²) in [6, 6.07) is 6.43. The van der Waals surface area contributed by atoms with Crippen LogP contribution in [0.25, 0.3) is 0 Å². The Bertz CT molecular complexity index is 392. The molecule has 0 saturated carbocycles. The molecule has 1 heterocycles. The van der Waals surface area contributed by atoms with Gasteiger partial charge in [-0.25, -0.2) is 0 Å². The highest BCUT2D eigenvalue weighted by Gasteiger charge is 2.16. The summed E-state index contributed by atoms with van der Waals surface area (Å²) in [5.74, 6) is 0.845. The van der Waals surface area contributed by atoms with Crippen molar-refractivity contribution in [2.24, 2.45) is 5.92 Å². The lowest BCUT2D eigenvalue weighted by Gasteiger charge is -2.24. The number of hydrogen-bond acceptors (Lipinski definition) is 2. The van der Waals surface area contributed by atoms with Crippen molar-refractivity contribution in [1.29, 1.82) is 0 Å². The van der Waals surface area contributed by atoms with Gasteiger partial charge >= 0.3 is 0 Å². The monoisotopic (exact) mass is 266 g/mol. The van der Waals surface area contributed by atoms with E-state index in [1.807, 2.05) is 7.05 Å². The molecule has 18 heavy (non-hydrogen) atoms. The van der Waals surface area contributed by atoms with E-state index in [-0.39, 0.29) is 0 Å². The van der Waals surface area contributed by atoms with E-state index in [0.29, 0.717) is 0 Å². The van der Waals surface area contributed by atoms with Gasteiger partial charge in [0, 0.05) is 19.6 Å². The van der Waals surface area contributed by atoms with Crippen LogP contribution in [-0.2, 0) is 6.54 Å². The fourth-order valence-corrected chi connectivity index (χ4v) is 2.95. The molecule has 0 bridgehead atoms. The van der Waals surface area contributed by atoms with E-state index in [0.717, 1.165) is 30.6 Å². The van der Waals surface area contributed by atoms with Gasteiger partial charge < -0.3 is 10.2 Å². The first-order chi connectivity index (χ1) is 8.70. The smallest absolute Gasteiger partial charge is 0.0642 e. The minimum absolute atomic E-state index is 0.845. The lowest BCUT2D eigenvalue weighted by atomic mass is 10.0. The van der Waals surface area contributed by atoms with Gasteiger partial charge in [0.2, 0.25) is 0 Å². The predicted molar refractivity (Wildman–Crippen MR) is 79.4 cm³/mol. The fraction of sp³-hybridized carbons (Fsp3) is 0.600. The Morgan fingerprint density at radius 1 is 1.33 bits per heavy atom. The van der Waals surface area contributed by atoms with Crippen LogP contribution in [0.3, 0.4) is 0 Å². The summed E-state index contributed by atoms with van der Waals surface area (Å²) >= 11 is 6.42. The summed E-state index contributed by atoms with van der Waals surface area (Å²) in [6.07, 6.45) is 3.89. The first-order valence-corrected chi connectivity index (χ1v) is 7.26. The molecule has 2 nitrogen and oxygen atoms in total. The summed E-state index contributed by atoms with van der Waals surface area (Å²) in [6.45, 7) is 5.49. The Hall–Kier alpha value is -0.730. The van der Waals surface area contributed by atoms with E-state index in [1.54, 1.807) is 0 Å². The third-order valence-corrected chi connectivity index (χ3v) is 4.05. The Morgan fingerprint density at radius 3 is 2.89 bits per heavy atom. The van der Waals surface area contributed by atoms with Gasteiger partial charge in [0.25, 0.3) is 0 Å². The first-order valence-electron chi connectivity index (χ1n) is 6.88. The molecule has 0 amide bonds. The molecule has 2 rings (SSSR count). The molecule has 0 radical (unpaired) electrons. The van der Waals surface area contributed by atoms with E-state index < -0.39 is 0 Å². The lowest BCUT2D eigenvalue weighted by Crippen LogP contribution is -2.24. The van der Waals surface area contributed by atoms with Gasteiger partial charge in [-0.2, -0.15) is 0 Å². The molecule has 1 N–H and O–H groups in total. The Kier molecular flexibility index (Phi) is 4.90. The van der Waals surface area contributed by atoms with Gasteiger partial charge in [0.1, 0.15) is 0 Å². The Morgan fingerprint density at radius 2 is 2.17 bits per heavy atom. The normalized spacial score (nSPS) is 20.8. The van der Waals surface area contributed by atoms with Crippen molar-refractivity contribution >= 4 is 17.3 Å². The number of anilines is 1. The Balaban J connectivity index is 2.12. The maximum Gasteiger partial charge on any atom is 0.0642 e. The van der Waals surface area contributed by atoms with Crippen molar-refractivity contribution in [3.8, 4) is 0 Å². The highest BCUT2D eigenvalue weighted by molar-refractivity contribution is 6.33. The third-order valence-electron chi connectivity index (χ3n) is 3.75. The third kappa shape index (κ3) is 3.39. The summed E-state index contributed by atoms with van der Waals surface area (Å²) < 4.78 is 0. The van der Waals surface area contributed by atoms with Crippen LogP contribution in [0.4, 0.5) is 5.69 Å². The van der Waals surface area contributed by atoms with Crippen LogP contribution in [0, 0.1) is 5.92 Å². The number of benzene rings is 1. The molecule has 3 heteroatoms. The maximum absolute atomic E-state index is 6.42. The van der Waals surface area contributed by atoms with Gasteiger partial charge in [0.05, 0.1) is 10.7 Å². The first kappa shape index (κ1) is 13.7. The minimum atomic E-state index is 0.845. The largest absolute Gasteiger partial charge is 0.370 e. The second-order valence-corrected chi connectivity index (χ2v) is 5.75. The van der Waals surface area contributed by atoms with Crippen molar-refractivity contribution < 1.29 is 0 Å². The van der Waals surface area contributed by atoms with E-state index in [1.165, 1.54) is 30.5 Å². The molecule has 1 aliphatic rings. The summed E-state index contributed by atoms with van der Waals surface area (Å²) in [5.41, 5.74) is 2.44. The highest BCUT2D eigenvalue weighted by Crippen LogP contribution is 2.29. The second-order valence-electron chi connectivity index (χ2n) is 5.34. The van der Waals surface area contributed by atoms with E-state index >= 15 is 0 Å². The standard InChI is InChI=1S/C15H23ClN2/c1-12-4-3-8-18(9-7-12)15-6-5-13(11-17-2)10-14(15)16/h5-6,10,12,17H,3-4,7-9,11H2,1-2H3. The predicted octanol–water partition coefficient (Wildman–Crippen LogP) is 3.69. The molecule has 1 aromatic carbocycles. The van der Waals surface area contributed by atoms with Gasteiger partial charge in [-0.15, -0.1) is 0 Å². The van der Waals surface area contributed by atoms with Gasteiger partial charge in [-0.3, -0.25) is 0 Å². The zero-order chi connectivity index (χ0) is 13.0. The Labute approximate surface area is 115 Å². The maximum atomic E-state index is 6.42. The van der Waals surface area contributed by atoms with Gasteiger partial charge in [-0.1, -0.05) is 24.6 Å². The molecule has 1 unspecified atom stereocenters. The summed E-state index contributed by atoms with van der Waals surface area (Å²) in [7, 11) is 1.96. The van der Waals surface area contributed by atoms with Crippen LogP contribution in [-0.4, -0.2) is 20.1 Å². The van der Waals surface area contributed by atoms with Gasteiger partial charge in [0.15, 0.2) is 0 Å². The van der Waals surface area contributed by atoms with Crippen molar-refractivity contribution in [3.05, 3.63) is 28.8 Å². The number of hydrogen-bond donors (Lipinski definition) is 1. The van der Waals surface area contributed by atoms with Crippen LogP contribution >= 0.6 is 11.6 Å². The highest BCUT2D eigenvalue weighted by atomic mass is 35.5. The molecule has 0 aromatic heterocycles. The lowest BCUT2D eigenvalue weighted by molar-refractivity contribution is 0.521. The van der Waals surface area contributed by atoms with Gasteiger partial charge in [-0.05, 0) is 49.9 Å². The SMILES string of the molecule is CNCc1ccc(N2CCCC(C)CC2)c(Cl)c1. The molecular weight excluding hydrogens is 244 g/mol. The van der Waals surface area contributed by atoms with Crippen LogP contribution < -0.4 is 10.2 Å². The van der Waals surface area contributed by atoms with E-state index in [4.69, 9.17) is 11.6 Å². The molecule has 1 atom stereocenters. The van der Waals surface area contributed by atoms with Crippen LogP contribution in [0.1, 0.15) is 31.7 Å². The van der Waals surface area contributed by atoms with Crippen molar-refractivity contribution in [3.63, 3.8) is 0 Å². The van der Waals surface area contributed by atoms with E-state index in [2.05, 4.69) is 35.3 Å². The van der Waals surface area contributed by atoms with Crippen LogP contribution in [0.2, 0.25) is 5.02 Å². The topological polar surface area (TPSA) is 15.3 Å². The molecule has 0 spiro atoms. The molecular formula is C15H23ClN2. The minimum Gasteiger partial charge on any atom is -0.370 e. The molecule has 0 aliphatic carbocycles. The molecule has 100 valence electrons. The zero-order valence-electron chi connectivity index (χ0n) is 11.4. The van der Waals surface area contributed by atoms with Crippen molar-refractivity contribution in [2.75, 3.05) is 25.0 Å². The summed E-state index contributed by atoms with van der Waals surface area (Å²) in [5, 5.41) is 4.04. The number of halogens is 1.